The molecule has 0 spiro atoms. The molecule has 2 aromatic heterocycles. The highest BCUT2D eigenvalue weighted by atomic mass is 35.5. The first kappa shape index (κ1) is 15.2. The zero-order valence-corrected chi connectivity index (χ0v) is 13.5. The third-order valence-electron chi connectivity index (χ3n) is 3.40. The van der Waals surface area contributed by atoms with Crippen LogP contribution in [0.3, 0.4) is 0 Å². The van der Waals surface area contributed by atoms with E-state index < -0.39 is 16.6 Å². The van der Waals surface area contributed by atoms with Crippen LogP contribution in [0.15, 0.2) is 42.7 Å². The van der Waals surface area contributed by atoms with Crippen molar-refractivity contribution in [3.8, 4) is 0 Å². The molecule has 1 aromatic carbocycles. The quantitative estimate of drug-likeness (QED) is 0.724. The molecule has 0 fully saturated rings. The van der Waals surface area contributed by atoms with Gasteiger partial charge in [0, 0.05) is 33.8 Å². The van der Waals surface area contributed by atoms with Crippen LogP contribution in [-0.2, 0) is 22.3 Å². The molecule has 0 radical (unpaired) electrons. The fourth-order valence-electron chi connectivity index (χ4n) is 2.32. The van der Waals surface area contributed by atoms with E-state index >= 15 is 0 Å². The number of hydrogen-bond donors (Lipinski definition) is 0. The van der Waals surface area contributed by atoms with Crippen LogP contribution >= 0.6 is 11.6 Å². The Balaban J connectivity index is 1.80. The van der Waals surface area contributed by atoms with Crippen LogP contribution in [-0.4, -0.2) is 13.6 Å². The van der Waals surface area contributed by atoms with E-state index in [9.17, 15) is 8.60 Å². The fraction of sp³-hybridized carbons (Fsp3) is 0.188. The maximum Gasteiger partial charge on any atom is 0.139 e. The van der Waals surface area contributed by atoms with Gasteiger partial charge in [0.05, 0.1) is 17.2 Å². The number of nitrogens with zero attached hydrogens (tertiary/aromatic N) is 2. The molecule has 0 N–H and O–H groups in total. The standard InChI is InChI=1S/C16H14ClFN2OS/c1-11-4-3-7-20-8-12(19-16(11)20)9-22(21)10-13-14(17)5-2-6-15(13)18/h2-8H,9-10H2,1H3/t22-/m0/s1. The monoisotopic (exact) mass is 336 g/mol. The van der Waals surface area contributed by atoms with Crippen LogP contribution in [0.1, 0.15) is 16.8 Å². The SMILES string of the molecule is Cc1cccn2cc(C[S@](=O)Cc3c(F)cccc3Cl)nc12. The predicted octanol–water partition coefficient (Wildman–Crippen LogP) is 3.88. The van der Waals surface area contributed by atoms with Gasteiger partial charge in [0.2, 0.25) is 0 Å². The topological polar surface area (TPSA) is 34.4 Å². The Kier molecular flexibility index (Phi) is 4.27. The first-order valence-corrected chi connectivity index (χ1v) is 8.62. The lowest BCUT2D eigenvalue weighted by Gasteiger charge is -2.05. The molecule has 0 aliphatic carbocycles. The minimum atomic E-state index is -1.28. The van der Waals surface area contributed by atoms with Gasteiger partial charge in [0.25, 0.3) is 0 Å². The van der Waals surface area contributed by atoms with Gasteiger partial charge in [-0.25, -0.2) is 9.37 Å². The molecule has 2 heterocycles. The molecule has 22 heavy (non-hydrogen) atoms. The van der Waals surface area contributed by atoms with E-state index in [1.54, 1.807) is 6.07 Å². The van der Waals surface area contributed by atoms with Crippen LogP contribution in [0, 0.1) is 12.7 Å². The molecule has 0 saturated carbocycles. The van der Waals surface area contributed by atoms with Crippen molar-refractivity contribution in [3.63, 3.8) is 0 Å². The van der Waals surface area contributed by atoms with Gasteiger partial charge in [-0.2, -0.15) is 0 Å². The number of rotatable bonds is 4. The molecule has 114 valence electrons. The van der Waals surface area contributed by atoms with Crippen molar-refractivity contribution in [2.75, 3.05) is 0 Å². The third-order valence-corrected chi connectivity index (χ3v) is 4.99. The van der Waals surface area contributed by atoms with Crippen LogP contribution in [0.2, 0.25) is 5.02 Å². The smallest absolute Gasteiger partial charge is 0.139 e. The molecule has 3 nitrogen and oxygen atoms in total. The number of fused-ring (bicyclic) bond motifs is 1. The van der Waals surface area contributed by atoms with Crippen molar-refractivity contribution >= 4 is 28.0 Å². The third kappa shape index (κ3) is 3.05. The minimum Gasteiger partial charge on any atom is -0.307 e. The maximum atomic E-state index is 13.7. The van der Waals surface area contributed by atoms with Crippen LogP contribution in [0.25, 0.3) is 5.65 Å². The summed E-state index contributed by atoms with van der Waals surface area (Å²) in [5, 5.41) is 0.305. The molecule has 0 aliphatic heterocycles. The lowest BCUT2D eigenvalue weighted by Crippen LogP contribution is -2.02. The number of imidazole rings is 1. The lowest BCUT2D eigenvalue weighted by molar-refractivity contribution is 0.615. The first-order valence-electron chi connectivity index (χ1n) is 6.75. The molecule has 0 bridgehead atoms. The Labute approximate surface area is 135 Å². The molecular weight excluding hydrogens is 323 g/mol. The normalized spacial score (nSPS) is 12.7. The minimum absolute atomic E-state index is 0.0817. The second-order valence-corrected chi connectivity index (χ2v) is 6.95. The second kappa shape index (κ2) is 6.18. The molecule has 0 aliphatic rings. The Morgan fingerprint density at radius 2 is 2.09 bits per heavy atom. The average Bonchev–Trinajstić information content (AvgIpc) is 2.87. The summed E-state index contributed by atoms with van der Waals surface area (Å²) in [6.45, 7) is 1.97. The van der Waals surface area contributed by atoms with Gasteiger partial charge >= 0.3 is 0 Å². The summed E-state index contributed by atoms with van der Waals surface area (Å²) in [5.41, 5.74) is 2.91. The van der Waals surface area contributed by atoms with E-state index in [2.05, 4.69) is 4.98 Å². The van der Waals surface area contributed by atoms with Crippen molar-refractivity contribution in [2.45, 2.75) is 18.4 Å². The highest BCUT2D eigenvalue weighted by molar-refractivity contribution is 7.83. The Hall–Kier alpha value is -1.72. The first-order chi connectivity index (χ1) is 10.5. The summed E-state index contributed by atoms with van der Waals surface area (Å²) in [6.07, 6.45) is 3.75. The van der Waals surface area contributed by atoms with E-state index in [4.69, 9.17) is 11.6 Å². The summed E-state index contributed by atoms with van der Waals surface area (Å²) in [5.74, 6) is -0.0730. The molecule has 3 aromatic rings. The molecule has 6 heteroatoms. The van der Waals surface area contributed by atoms with Crippen LogP contribution in [0.5, 0.6) is 0 Å². The van der Waals surface area contributed by atoms with Gasteiger partial charge in [-0.15, -0.1) is 0 Å². The van der Waals surface area contributed by atoms with Gasteiger partial charge < -0.3 is 4.40 Å². The molecule has 0 amide bonds. The molecule has 0 unspecified atom stereocenters. The predicted molar refractivity (Wildman–Crippen MR) is 86.9 cm³/mol. The highest BCUT2D eigenvalue weighted by Gasteiger charge is 2.13. The van der Waals surface area contributed by atoms with Gasteiger partial charge in [-0.3, -0.25) is 4.21 Å². The van der Waals surface area contributed by atoms with E-state index in [0.29, 0.717) is 10.6 Å². The molecule has 3 rings (SSSR count). The number of halogens is 2. The fourth-order valence-corrected chi connectivity index (χ4v) is 3.82. The number of hydrogen-bond acceptors (Lipinski definition) is 2. The van der Waals surface area contributed by atoms with Crippen molar-refractivity contribution in [3.05, 3.63) is 70.4 Å². The van der Waals surface area contributed by atoms with Crippen molar-refractivity contribution < 1.29 is 8.60 Å². The van der Waals surface area contributed by atoms with Gasteiger partial charge in [-0.1, -0.05) is 23.7 Å². The summed E-state index contributed by atoms with van der Waals surface area (Å²) < 4.78 is 27.9. The number of aromatic nitrogens is 2. The number of pyridine rings is 1. The largest absolute Gasteiger partial charge is 0.307 e. The van der Waals surface area contributed by atoms with Crippen LogP contribution in [0.4, 0.5) is 4.39 Å². The van der Waals surface area contributed by atoms with Crippen molar-refractivity contribution in [2.24, 2.45) is 0 Å². The number of benzene rings is 1. The molecular formula is C16H14ClFN2OS. The average molecular weight is 337 g/mol. The maximum absolute atomic E-state index is 13.7. The Bertz CT molecular complexity index is 842. The Morgan fingerprint density at radius 1 is 1.27 bits per heavy atom. The van der Waals surface area contributed by atoms with Gasteiger partial charge in [-0.05, 0) is 30.7 Å². The zero-order valence-electron chi connectivity index (χ0n) is 11.9. The summed E-state index contributed by atoms with van der Waals surface area (Å²) >= 11 is 5.97. The van der Waals surface area contributed by atoms with Gasteiger partial charge in [0.1, 0.15) is 11.5 Å². The van der Waals surface area contributed by atoms with Gasteiger partial charge in [0.15, 0.2) is 0 Å². The molecule has 1 atom stereocenters. The van der Waals surface area contributed by atoms with E-state index in [0.717, 1.165) is 16.9 Å². The van der Waals surface area contributed by atoms with E-state index in [-0.39, 0.29) is 11.5 Å². The van der Waals surface area contributed by atoms with E-state index in [1.165, 1.54) is 12.1 Å². The molecule has 0 saturated heterocycles. The summed E-state index contributed by atoms with van der Waals surface area (Å²) in [6, 6.07) is 8.37. The zero-order chi connectivity index (χ0) is 15.7. The highest BCUT2D eigenvalue weighted by Crippen LogP contribution is 2.21. The van der Waals surface area contributed by atoms with Crippen molar-refractivity contribution in [1.29, 1.82) is 0 Å². The second-order valence-electron chi connectivity index (χ2n) is 5.08. The summed E-state index contributed by atoms with van der Waals surface area (Å²) in [7, 11) is -1.28. The Morgan fingerprint density at radius 3 is 2.82 bits per heavy atom. The lowest BCUT2D eigenvalue weighted by atomic mass is 10.2. The van der Waals surface area contributed by atoms with E-state index in [1.807, 2.05) is 35.9 Å². The number of aryl methyl sites for hydroxylation is 1. The van der Waals surface area contributed by atoms with Crippen LogP contribution < -0.4 is 0 Å². The summed E-state index contributed by atoms with van der Waals surface area (Å²) in [4.78, 5) is 4.48. The van der Waals surface area contributed by atoms with Crippen molar-refractivity contribution in [1.82, 2.24) is 9.38 Å².